The molecule has 122 valence electrons. The molecule has 0 aromatic rings. The minimum Gasteiger partial charge on any atom is -0.393 e. The van der Waals surface area contributed by atoms with Crippen molar-refractivity contribution in [3.63, 3.8) is 0 Å². The summed E-state index contributed by atoms with van der Waals surface area (Å²) in [4.78, 5) is 0. The van der Waals surface area contributed by atoms with Crippen LogP contribution in [0.25, 0.3) is 0 Å². The molecule has 0 spiro atoms. The standard InChI is InChI=1S/C19H35NO/c20-13-18(12-17-7-3-4-8-19(17)21)16-10-9-14-5-1-2-6-15(14)11-16/h14-19,21H,1-13,20H2/t14?,15?,16?,17?,18-,19?/m1/s1. The van der Waals surface area contributed by atoms with E-state index in [1.165, 1.54) is 70.6 Å². The monoisotopic (exact) mass is 293 g/mol. The molecule has 0 radical (unpaired) electrons. The van der Waals surface area contributed by atoms with Gasteiger partial charge in [-0.1, -0.05) is 38.5 Å². The number of aliphatic hydroxyl groups is 1. The van der Waals surface area contributed by atoms with Crippen molar-refractivity contribution < 1.29 is 5.11 Å². The van der Waals surface area contributed by atoms with Crippen LogP contribution < -0.4 is 5.73 Å². The van der Waals surface area contributed by atoms with Crippen LogP contribution in [0.3, 0.4) is 0 Å². The topological polar surface area (TPSA) is 46.2 Å². The first kappa shape index (κ1) is 15.8. The van der Waals surface area contributed by atoms with E-state index in [0.717, 1.165) is 30.7 Å². The lowest BCUT2D eigenvalue weighted by Gasteiger charge is -2.43. The van der Waals surface area contributed by atoms with Crippen molar-refractivity contribution in [1.29, 1.82) is 0 Å². The summed E-state index contributed by atoms with van der Waals surface area (Å²) in [5, 5.41) is 10.3. The number of fused-ring (bicyclic) bond motifs is 1. The molecular formula is C19H35NO. The van der Waals surface area contributed by atoms with E-state index in [2.05, 4.69) is 0 Å². The molecule has 21 heavy (non-hydrogen) atoms. The maximum atomic E-state index is 10.3. The molecule has 5 unspecified atom stereocenters. The zero-order valence-electron chi connectivity index (χ0n) is 13.7. The lowest BCUT2D eigenvalue weighted by atomic mass is 9.63. The molecule has 0 aromatic carbocycles. The normalized spacial score (nSPS) is 42.3. The Bertz CT molecular complexity index is 319. The van der Waals surface area contributed by atoms with E-state index in [1.807, 2.05) is 0 Å². The van der Waals surface area contributed by atoms with Gasteiger partial charge < -0.3 is 10.8 Å². The fourth-order valence-corrected chi connectivity index (χ4v) is 5.67. The van der Waals surface area contributed by atoms with Gasteiger partial charge in [0, 0.05) is 0 Å². The fourth-order valence-electron chi connectivity index (χ4n) is 5.67. The van der Waals surface area contributed by atoms with E-state index in [4.69, 9.17) is 5.73 Å². The summed E-state index contributed by atoms with van der Waals surface area (Å²) < 4.78 is 0. The average molecular weight is 293 g/mol. The van der Waals surface area contributed by atoms with Crippen LogP contribution in [0.1, 0.15) is 77.0 Å². The van der Waals surface area contributed by atoms with Crippen LogP contribution in [0.5, 0.6) is 0 Å². The number of aliphatic hydroxyl groups excluding tert-OH is 1. The molecule has 3 aliphatic rings. The summed E-state index contributed by atoms with van der Waals surface area (Å²) in [7, 11) is 0. The lowest BCUT2D eigenvalue weighted by molar-refractivity contribution is 0.0370. The van der Waals surface area contributed by atoms with Crippen LogP contribution in [-0.2, 0) is 0 Å². The number of nitrogens with two attached hydrogens (primary N) is 1. The Morgan fingerprint density at radius 1 is 0.857 bits per heavy atom. The van der Waals surface area contributed by atoms with Crippen molar-refractivity contribution >= 4 is 0 Å². The molecule has 0 amide bonds. The summed E-state index contributed by atoms with van der Waals surface area (Å²) in [6.07, 6.45) is 16.2. The third-order valence-corrected chi connectivity index (χ3v) is 7.02. The maximum Gasteiger partial charge on any atom is 0.0568 e. The molecule has 2 nitrogen and oxygen atoms in total. The van der Waals surface area contributed by atoms with Crippen LogP contribution >= 0.6 is 0 Å². The minimum atomic E-state index is -0.0428. The molecular weight excluding hydrogens is 258 g/mol. The highest BCUT2D eigenvalue weighted by atomic mass is 16.3. The van der Waals surface area contributed by atoms with E-state index in [9.17, 15) is 5.11 Å². The largest absolute Gasteiger partial charge is 0.393 e. The van der Waals surface area contributed by atoms with Gasteiger partial charge in [-0.15, -0.1) is 0 Å². The molecule has 0 aromatic heterocycles. The third kappa shape index (κ3) is 3.82. The quantitative estimate of drug-likeness (QED) is 0.819. The van der Waals surface area contributed by atoms with E-state index in [-0.39, 0.29) is 6.10 Å². The molecule has 3 saturated carbocycles. The predicted octanol–water partition coefficient (Wildman–Crippen LogP) is 4.11. The molecule has 0 saturated heterocycles. The highest BCUT2D eigenvalue weighted by molar-refractivity contribution is 4.88. The van der Waals surface area contributed by atoms with Gasteiger partial charge in [-0.25, -0.2) is 0 Å². The van der Waals surface area contributed by atoms with Crippen molar-refractivity contribution in [2.24, 2.45) is 35.3 Å². The lowest BCUT2D eigenvalue weighted by Crippen LogP contribution is -2.36. The molecule has 6 atom stereocenters. The molecule has 2 heteroatoms. The van der Waals surface area contributed by atoms with E-state index in [0.29, 0.717) is 11.8 Å². The summed E-state index contributed by atoms with van der Waals surface area (Å²) in [6.45, 7) is 0.839. The first-order chi connectivity index (χ1) is 10.3. The second-order valence-corrected chi connectivity index (χ2v) is 8.22. The molecule has 0 aliphatic heterocycles. The third-order valence-electron chi connectivity index (χ3n) is 7.02. The summed E-state index contributed by atoms with van der Waals surface area (Å²) in [6, 6.07) is 0. The highest BCUT2D eigenvalue weighted by Gasteiger charge is 2.36. The van der Waals surface area contributed by atoms with Crippen molar-refractivity contribution in [1.82, 2.24) is 0 Å². The number of hydrogen-bond acceptors (Lipinski definition) is 2. The van der Waals surface area contributed by atoms with Gasteiger partial charge in [0.1, 0.15) is 0 Å². The highest BCUT2D eigenvalue weighted by Crippen LogP contribution is 2.46. The SMILES string of the molecule is NC[C@@H](CC1CCCCC1O)C1CCC2CCCCC2C1. The smallest absolute Gasteiger partial charge is 0.0568 e. The maximum absolute atomic E-state index is 10.3. The summed E-state index contributed by atoms with van der Waals surface area (Å²) >= 11 is 0. The first-order valence-corrected chi connectivity index (χ1v) is 9.66. The Kier molecular flexibility index (Phi) is 5.61. The van der Waals surface area contributed by atoms with Crippen LogP contribution in [0.2, 0.25) is 0 Å². The fraction of sp³-hybridized carbons (Fsp3) is 1.00. The van der Waals surface area contributed by atoms with Crippen molar-refractivity contribution in [2.75, 3.05) is 6.54 Å². The Morgan fingerprint density at radius 2 is 1.57 bits per heavy atom. The van der Waals surface area contributed by atoms with Crippen molar-refractivity contribution in [3.8, 4) is 0 Å². The number of rotatable bonds is 4. The van der Waals surface area contributed by atoms with Gasteiger partial charge in [0.15, 0.2) is 0 Å². The summed E-state index contributed by atoms with van der Waals surface area (Å²) in [5.74, 6) is 4.10. The zero-order valence-corrected chi connectivity index (χ0v) is 13.7. The van der Waals surface area contributed by atoms with Gasteiger partial charge in [-0.3, -0.25) is 0 Å². The molecule has 3 aliphatic carbocycles. The van der Waals surface area contributed by atoms with Gasteiger partial charge in [-0.05, 0) is 74.7 Å². The van der Waals surface area contributed by atoms with Gasteiger partial charge >= 0.3 is 0 Å². The predicted molar refractivity (Wildman–Crippen MR) is 87.9 cm³/mol. The van der Waals surface area contributed by atoms with Gasteiger partial charge in [0.25, 0.3) is 0 Å². The second-order valence-electron chi connectivity index (χ2n) is 8.22. The van der Waals surface area contributed by atoms with E-state index >= 15 is 0 Å². The average Bonchev–Trinajstić information content (AvgIpc) is 2.54. The Morgan fingerprint density at radius 3 is 2.33 bits per heavy atom. The van der Waals surface area contributed by atoms with Crippen LogP contribution in [0, 0.1) is 29.6 Å². The first-order valence-electron chi connectivity index (χ1n) is 9.66. The molecule has 3 N–H and O–H groups in total. The van der Waals surface area contributed by atoms with Gasteiger partial charge in [-0.2, -0.15) is 0 Å². The van der Waals surface area contributed by atoms with Crippen molar-refractivity contribution in [2.45, 2.75) is 83.2 Å². The Balaban J connectivity index is 1.55. The molecule has 3 rings (SSSR count). The second kappa shape index (κ2) is 7.46. The van der Waals surface area contributed by atoms with E-state index < -0.39 is 0 Å². The minimum absolute atomic E-state index is 0.0428. The van der Waals surface area contributed by atoms with Crippen LogP contribution in [-0.4, -0.2) is 17.8 Å². The van der Waals surface area contributed by atoms with Gasteiger partial charge in [0.05, 0.1) is 6.10 Å². The Labute approximate surface area is 130 Å². The Hall–Kier alpha value is -0.0800. The van der Waals surface area contributed by atoms with Crippen LogP contribution in [0.15, 0.2) is 0 Å². The van der Waals surface area contributed by atoms with Crippen molar-refractivity contribution in [3.05, 3.63) is 0 Å². The molecule has 0 bridgehead atoms. The van der Waals surface area contributed by atoms with E-state index in [1.54, 1.807) is 0 Å². The summed E-state index contributed by atoms with van der Waals surface area (Å²) in [5.41, 5.74) is 6.15. The van der Waals surface area contributed by atoms with Gasteiger partial charge in [0.2, 0.25) is 0 Å². The number of hydrogen-bond donors (Lipinski definition) is 2. The zero-order chi connectivity index (χ0) is 14.7. The molecule has 0 heterocycles. The molecule has 3 fully saturated rings. The van der Waals surface area contributed by atoms with Crippen LogP contribution in [0.4, 0.5) is 0 Å².